The van der Waals surface area contributed by atoms with Crippen molar-refractivity contribution in [3.05, 3.63) is 52.8 Å². The maximum atomic E-state index is 11.9. The van der Waals surface area contributed by atoms with Crippen LogP contribution in [0.5, 0.6) is 0 Å². The van der Waals surface area contributed by atoms with Crippen LogP contribution in [0.4, 0.5) is 0 Å². The van der Waals surface area contributed by atoms with Crippen LogP contribution in [0.3, 0.4) is 0 Å². The lowest BCUT2D eigenvalue weighted by Crippen LogP contribution is -3.06. The molecule has 0 saturated heterocycles. The van der Waals surface area contributed by atoms with Crippen molar-refractivity contribution in [3.63, 3.8) is 0 Å². The standard InChI is InChI=1S/C18H17ClN2O3/c1-21(2)8-9-23-18(22)14(12-20)11-16-6-7-17(24-16)13-4-3-5-15(19)10-13/h3-7,10-11H,8-9H2,1-2H3/p+1/b14-11+. The van der Waals surface area contributed by atoms with Gasteiger partial charge in [0.1, 0.15) is 36.3 Å². The normalized spacial score (nSPS) is 11.4. The van der Waals surface area contributed by atoms with E-state index in [1.54, 1.807) is 24.3 Å². The average molecular weight is 346 g/mol. The van der Waals surface area contributed by atoms with Crippen LogP contribution in [0.1, 0.15) is 5.76 Å². The molecule has 0 bridgehead atoms. The Bertz CT molecular complexity index is 788. The highest BCUT2D eigenvalue weighted by molar-refractivity contribution is 6.30. The summed E-state index contributed by atoms with van der Waals surface area (Å²) in [6.45, 7) is 0.927. The van der Waals surface area contributed by atoms with Gasteiger partial charge in [-0.2, -0.15) is 5.26 Å². The van der Waals surface area contributed by atoms with Gasteiger partial charge in [-0.1, -0.05) is 23.7 Å². The Balaban J connectivity index is 2.11. The van der Waals surface area contributed by atoms with Crippen LogP contribution >= 0.6 is 11.6 Å². The quantitative estimate of drug-likeness (QED) is 0.495. The Morgan fingerprint density at radius 1 is 1.38 bits per heavy atom. The third kappa shape index (κ3) is 4.98. The largest absolute Gasteiger partial charge is 0.457 e. The second kappa shape index (κ2) is 8.34. The summed E-state index contributed by atoms with van der Waals surface area (Å²) in [4.78, 5) is 13.1. The smallest absolute Gasteiger partial charge is 0.349 e. The van der Waals surface area contributed by atoms with Crippen LogP contribution in [-0.4, -0.2) is 33.2 Å². The molecule has 0 unspecified atom stereocenters. The van der Waals surface area contributed by atoms with E-state index in [0.29, 0.717) is 23.1 Å². The fourth-order valence-electron chi connectivity index (χ4n) is 1.93. The van der Waals surface area contributed by atoms with E-state index < -0.39 is 5.97 Å². The maximum absolute atomic E-state index is 11.9. The Labute approximate surface area is 145 Å². The number of nitrogens with one attached hydrogen (secondary N) is 1. The molecular weight excluding hydrogens is 328 g/mol. The molecule has 0 atom stereocenters. The van der Waals surface area contributed by atoms with Gasteiger partial charge in [-0.3, -0.25) is 0 Å². The van der Waals surface area contributed by atoms with E-state index in [-0.39, 0.29) is 12.2 Å². The second-order valence-corrected chi connectivity index (χ2v) is 5.91. The van der Waals surface area contributed by atoms with Crippen molar-refractivity contribution in [2.24, 2.45) is 0 Å². The molecule has 0 aliphatic rings. The lowest BCUT2D eigenvalue weighted by molar-refractivity contribution is -0.858. The average Bonchev–Trinajstić information content (AvgIpc) is 3.00. The van der Waals surface area contributed by atoms with Gasteiger partial charge in [-0.05, 0) is 24.3 Å². The molecule has 1 aromatic carbocycles. The summed E-state index contributed by atoms with van der Waals surface area (Å²) in [6.07, 6.45) is 1.37. The zero-order chi connectivity index (χ0) is 17.5. The minimum atomic E-state index is -0.653. The van der Waals surface area contributed by atoms with Gasteiger partial charge in [0.2, 0.25) is 0 Å². The summed E-state index contributed by atoms with van der Waals surface area (Å²) < 4.78 is 10.7. The molecule has 0 radical (unpaired) electrons. The van der Waals surface area contributed by atoms with Gasteiger partial charge in [0.05, 0.1) is 14.1 Å². The highest BCUT2D eigenvalue weighted by Crippen LogP contribution is 2.25. The number of hydrogen-bond donors (Lipinski definition) is 1. The molecule has 6 heteroatoms. The topological polar surface area (TPSA) is 67.7 Å². The Kier molecular flexibility index (Phi) is 6.19. The van der Waals surface area contributed by atoms with Gasteiger partial charge in [0.25, 0.3) is 0 Å². The molecule has 0 fully saturated rings. The van der Waals surface area contributed by atoms with Crippen molar-refractivity contribution in [2.75, 3.05) is 27.2 Å². The fraction of sp³-hybridized carbons (Fsp3) is 0.222. The summed E-state index contributed by atoms with van der Waals surface area (Å²) in [7, 11) is 3.91. The molecule has 0 aliphatic carbocycles. The molecule has 0 spiro atoms. The lowest BCUT2D eigenvalue weighted by Gasteiger charge is -2.07. The van der Waals surface area contributed by atoms with Gasteiger partial charge in [0, 0.05) is 16.7 Å². The number of quaternary nitrogens is 1. The molecular formula is C18H18ClN2O3+. The predicted octanol–water partition coefficient (Wildman–Crippen LogP) is 2.19. The van der Waals surface area contributed by atoms with E-state index in [1.807, 2.05) is 32.3 Å². The molecule has 0 aliphatic heterocycles. The molecule has 0 saturated carbocycles. The Morgan fingerprint density at radius 3 is 2.83 bits per heavy atom. The summed E-state index contributed by atoms with van der Waals surface area (Å²) in [5.41, 5.74) is 0.716. The Hall–Kier alpha value is -2.55. The first kappa shape index (κ1) is 17.8. The first-order valence-corrected chi connectivity index (χ1v) is 7.81. The highest BCUT2D eigenvalue weighted by atomic mass is 35.5. The van der Waals surface area contributed by atoms with Crippen LogP contribution in [0.2, 0.25) is 5.02 Å². The molecule has 0 amide bonds. The number of carbonyl (C=O) groups is 1. The second-order valence-electron chi connectivity index (χ2n) is 5.48. The molecule has 1 heterocycles. The van der Waals surface area contributed by atoms with Crippen molar-refractivity contribution >= 4 is 23.6 Å². The van der Waals surface area contributed by atoms with Crippen LogP contribution in [0, 0.1) is 11.3 Å². The van der Waals surface area contributed by atoms with E-state index >= 15 is 0 Å². The van der Waals surface area contributed by atoms with Gasteiger partial charge in [-0.15, -0.1) is 0 Å². The number of nitriles is 1. The maximum Gasteiger partial charge on any atom is 0.349 e. The van der Waals surface area contributed by atoms with E-state index in [0.717, 1.165) is 10.5 Å². The fourth-order valence-corrected chi connectivity index (χ4v) is 2.12. The highest BCUT2D eigenvalue weighted by Gasteiger charge is 2.13. The summed E-state index contributed by atoms with van der Waals surface area (Å²) >= 11 is 5.96. The van der Waals surface area contributed by atoms with Crippen molar-refractivity contribution in [3.8, 4) is 17.4 Å². The molecule has 2 rings (SSSR count). The summed E-state index contributed by atoms with van der Waals surface area (Å²) in [5, 5.41) is 9.75. The number of ether oxygens (including phenoxy) is 1. The molecule has 1 aromatic heterocycles. The van der Waals surface area contributed by atoms with Gasteiger partial charge >= 0.3 is 5.97 Å². The number of benzene rings is 1. The number of furan rings is 1. The van der Waals surface area contributed by atoms with Crippen molar-refractivity contribution in [2.45, 2.75) is 0 Å². The number of hydrogen-bond acceptors (Lipinski definition) is 4. The number of esters is 1. The van der Waals surface area contributed by atoms with Crippen LogP contribution in [0.25, 0.3) is 17.4 Å². The monoisotopic (exact) mass is 345 g/mol. The lowest BCUT2D eigenvalue weighted by atomic mass is 10.2. The SMILES string of the molecule is C[NH+](C)CCOC(=O)/C(C#N)=C/c1ccc(-c2cccc(Cl)c2)o1. The third-order valence-electron chi connectivity index (χ3n) is 3.20. The van der Waals surface area contributed by atoms with Crippen molar-refractivity contribution in [1.82, 2.24) is 0 Å². The van der Waals surface area contributed by atoms with Crippen molar-refractivity contribution in [1.29, 1.82) is 5.26 Å². The molecule has 2 aromatic rings. The predicted molar refractivity (Wildman–Crippen MR) is 91.4 cm³/mol. The zero-order valence-electron chi connectivity index (χ0n) is 13.5. The van der Waals surface area contributed by atoms with Crippen LogP contribution in [-0.2, 0) is 9.53 Å². The van der Waals surface area contributed by atoms with Gasteiger partial charge in [0.15, 0.2) is 0 Å². The summed E-state index contributed by atoms with van der Waals surface area (Å²) in [6, 6.07) is 12.5. The number of carbonyl (C=O) groups excluding carboxylic acids is 1. The van der Waals surface area contributed by atoms with Gasteiger partial charge in [-0.25, -0.2) is 4.79 Å². The van der Waals surface area contributed by atoms with Crippen LogP contribution < -0.4 is 4.90 Å². The minimum Gasteiger partial charge on any atom is -0.457 e. The number of rotatable bonds is 6. The first-order chi connectivity index (χ1) is 11.5. The number of halogens is 1. The molecule has 24 heavy (non-hydrogen) atoms. The third-order valence-corrected chi connectivity index (χ3v) is 3.43. The number of likely N-dealkylation sites (N-methyl/N-ethyl adjacent to an activating group) is 1. The minimum absolute atomic E-state index is 0.101. The van der Waals surface area contributed by atoms with E-state index in [2.05, 4.69) is 0 Å². The number of nitrogens with zero attached hydrogens (tertiary/aromatic N) is 1. The van der Waals surface area contributed by atoms with Crippen molar-refractivity contribution < 1.29 is 18.8 Å². The first-order valence-electron chi connectivity index (χ1n) is 7.43. The Morgan fingerprint density at radius 2 is 2.17 bits per heavy atom. The molecule has 1 N–H and O–H groups in total. The molecule has 124 valence electrons. The van der Waals surface area contributed by atoms with E-state index in [4.69, 9.17) is 26.0 Å². The zero-order valence-corrected chi connectivity index (χ0v) is 14.3. The van der Waals surface area contributed by atoms with E-state index in [9.17, 15) is 4.79 Å². The molecule has 5 nitrogen and oxygen atoms in total. The van der Waals surface area contributed by atoms with E-state index in [1.165, 1.54) is 6.08 Å². The summed E-state index contributed by atoms with van der Waals surface area (Å²) in [5.74, 6) is 0.349. The van der Waals surface area contributed by atoms with Gasteiger partial charge < -0.3 is 14.1 Å². The van der Waals surface area contributed by atoms with Crippen LogP contribution in [0.15, 0.2) is 46.4 Å².